The molecule has 1 fully saturated rings. The largest absolute Gasteiger partial charge is 0.465 e. The number of likely N-dealkylation sites (tertiary alicyclic amines) is 1. The quantitative estimate of drug-likeness (QED) is 0.851. The van der Waals surface area contributed by atoms with Crippen LogP contribution < -0.4 is 5.32 Å². The Bertz CT molecular complexity index is 348. The van der Waals surface area contributed by atoms with Crippen molar-refractivity contribution in [3.63, 3.8) is 0 Å². The van der Waals surface area contributed by atoms with Gasteiger partial charge < -0.3 is 14.6 Å². The van der Waals surface area contributed by atoms with Crippen molar-refractivity contribution in [2.24, 2.45) is 5.92 Å². The molecule has 0 amide bonds. The highest BCUT2D eigenvalue weighted by molar-refractivity contribution is 5.08. The Morgan fingerprint density at radius 3 is 2.94 bits per heavy atom. The van der Waals surface area contributed by atoms with Crippen molar-refractivity contribution in [3.05, 3.63) is 23.7 Å². The standard InChI is InChI=1S/C14H24N2O/c1-4-16-8-7-13(10-16)9-15-12(3)14-6-5-11(2)17-14/h5-6,12-13,15H,4,7-10H2,1-3H3. The zero-order valence-corrected chi connectivity index (χ0v) is 11.2. The number of aryl methyl sites for hydroxylation is 1. The summed E-state index contributed by atoms with van der Waals surface area (Å²) in [6, 6.07) is 4.42. The van der Waals surface area contributed by atoms with Crippen LogP contribution in [-0.2, 0) is 0 Å². The van der Waals surface area contributed by atoms with E-state index in [1.165, 1.54) is 26.1 Å². The van der Waals surface area contributed by atoms with Gasteiger partial charge in [-0.15, -0.1) is 0 Å². The van der Waals surface area contributed by atoms with Gasteiger partial charge in [-0.1, -0.05) is 6.92 Å². The molecule has 1 aromatic rings. The van der Waals surface area contributed by atoms with Crippen LogP contribution in [0.5, 0.6) is 0 Å². The van der Waals surface area contributed by atoms with Crippen molar-refractivity contribution >= 4 is 0 Å². The van der Waals surface area contributed by atoms with E-state index in [0.717, 1.165) is 24.0 Å². The number of rotatable bonds is 5. The van der Waals surface area contributed by atoms with E-state index in [1.807, 2.05) is 13.0 Å². The molecule has 1 N–H and O–H groups in total. The van der Waals surface area contributed by atoms with Gasteiger partial charge in [0.2, 0.25) is 0 Å². The molecule has 1 aliphatic rings. The second kappa shape index (κ2) is 5.69. The molecule has 2 unspecified atom stereocenters. The maximum atomic E-state index is 5.63. The second-order valence-electron chi connectivity index (χ2n) is 5.13. The number of hydrogen-bond acceptors (Lipinski definition) is 3. The monoisotopic (exact) mass is 236 g/mol. The van der Waals surface area contributed by atoms with Crippen LogP contribution in [0.3, 0.4) is 0 Å². The Morgan fingerprint density at radius 1 is 1.53 bits per heavy atom. The van der Waals surface area contributed by atoms with Crippen LogP contribution in [0.2, 0.25) is 0 Å². The molecular formula is C14H24N2O. The molecular weight excluding hydrogens is 212 g/mol. The van der Waals surface area contributed by atoms with E-state index in [4.69, 9.17) is 4.42 Å². The molecule has 0 bridgehead atoms. The lowest BCUT2D eigenvalue weighted by Gasteiger charge is -2.16. The number of nitrogens with one attached hydrogen (secondary N) is 1. The highest BCUT2D eigenvalue weighted by Crippen LogP contribution is 2.18. The van der Waals surface area contributed by atoms with Crippen LogP contribution in [0.15, 0.2) is 16.5 Å². The highest BCUT2D eigenvalue weighted by Gasteiger charge is 2.21. The molecule has 96 valence electrons. The van der Waals surface area contributed by atoms with E-state index in [9.17, 15) is 0 Å². The lowest BCUT2D eigenvalue weighted by Crippen LogP contribution is -2.28. The molecule has 3 heteroatoms. The molecule has 2 atom stereocenters. The first kappa shape index (κ1) is 12.7. The summed E-state index contributed by atoms with van der Waals surface area (Å²) in [5.41, 5.74) is 0. The first-order chi connectivity index (χ1) is 8.19. The number of hydrogen-bond donors (Lipinski definition) is 1. The molecule has 1 aromatic heterocycles. The van der Waals surface area contributed by atoms with Crippen molar-refractivity contribution in [2.45, 2.75) is 33.2 Å². The molecule has 17 heavy (non-hydrogen) atoms. The summed E-state index contributed by atoms with van der Waals surface area (Å²) in [5, 5.41) is 3.58. The van der Waals surface area contributed by atoms with Crippen LogP contribution in [0.1, 0.15) is 37.8 Å². The Morgan fingerprint density at radius 2 is 2.35 bits per heavy atom. The minimum absolute atomic E-state index is 0.319. The summed E-state index contributed by atoms with van der Waals surface area (Å²) in [7, 11) is 0. The highest BCUT2D eigenvalue weighted by atomic mass is 16.3. The third-order valence-electron chi connectivity index (χ3n) is 3.72. The van der Waals surface area contributed by atoms with E-state index < -0.39 is 0 Å². The van der Waals surface area contributed by atoms with Gasteiger partial charge in [0.05, 0.1) is 6.04 Å². The van der Waals surface area contributed by atoms with Gasteiger partial charge in [-0.2, -0.15) is 0 Å². The number of nitrogens with zero attached hydrogens (tertiary/aromatic N) is 1. The average molecular weight is 236 g/mol. The number of furan rings is 1. The van der Waals surface area contributed by atoms with Crippen LogP contribution in [0.25, 0.3) is 0 Å². The fraction of sp³-hybridized carbons (Fsp3) is 0.714. The molecule has 0 saturated carbocycles. The summed E-state index contributed by atoms with van der Waals surface area (Å²) in [5.74, 6) is 2.84. The summed E-state index contributed by atoms with van der Waals surface area (Å²) in [4.78, 5) is 2.52. The molecule has 0 spiro atoms. The van der Waals surface area contributed by atoms with Crippen molar-refractivity contribution in [3.8, 4) is 0 Å². The maximum Gasteiger partial charge on any atom is 0.120 e. The SMILES string of the molecule is CCN1CCC(CNC(C)c2ccc(C)o2)C1. The lowest BCUT2D eigenvalue weighted by molar-refractivity contribution is 0.331. The van der Waals surface area contributed by atoms with E-state index in [0.29, 0.717) is 6.04 Å². The third-order valence-corrected chi connectivity index (χ3v) is 3.72. The van der Waals surface area contributed by atoms with Gasteiger partial charge in [0.15, 0.2) is 0 Å². The van der Waals surface area contributed by atoms with Crippen LogP contribution in [0.4, 0.5) is 0 Å². The lowest BCUT2D eigenvalue weighted by atomic mass is 10.1. The topological polar surface area (TPSA) is 28.4 Å². The Labute approximate surface area is 104 Å². The molecule has 1 aliphatic heterocycles. The Balaban J connectivity index is 1.75. The van der Waals surface area contributed by atoms with Crippen molar-refractivity contribution in [2.75, 3.05) is 26.2 Å². The first-order valence-electron chi connectivity index (χ1n) is 6.71. The average Bonchev–Trinajstić information content (AvgIpc) is 2.94. The molecule has 0 radical (unpaired) electrons. The van der Waals surface area contributed by atoms with Crippen LogP contribution in [-0.4, -0.2) is 31.1 Å². The first-order valence-corrected chi connectivity index (χ1v) is 6.71. The minimum atomic E-state index is 0.319. The van der Waals surface area contributed by atoms with E-state index in [2.05, 4.69) is 30.1 Å². The maximum absolute atomic E-state index is 5.63. The van der Waals surface area contributed by atoms with E-state index >= 15 is 0 Å². The summed E-state index contributed by atoms with van der Waals surface area (Å²) < 4.78 is 5.63. The summed E-state index contributed by atoms with van der Waals surface area (Å²) >= 11 is 0. The molecule has 3 nitrogen and oxygen atoms in total. The Kier molecular flexibility index (Phi) is 4.24. The predicted molar refractivity (Wildman–Crippen MR) is 70.1 cm³/mol. The van der Waals surface area contributed by atoms with Crippen molar-refractivity contribution in [1.29, 1.82) is 0 Å². The van der Waals surface area contributed by atoms with Crippen LogP contribution >= 0.6 is 0 Å². The smallest absolute Gasteiger partial charge is 0.120 e. The van der Waals surface area contributed by atoms with Gasteiger partial charge in [-0.05, 0) is 58.0 Å². The molecule has 2 heterocycles. The summed E-state index contributed by atoms with van der Waals surface area (Å²) in [6.45, 7) is 11.2. The molecule has 2 rings (SSSR count). The molecule has 0 aromatic carbocycles. The normalized spacial score (nSPS) is 23.1. The van der Waals surface area contributed by atoms with Gasteiger partial charge in [-0.3, -0.25) is 0 Å². The summed E-state index contributed by atoms with van der Waals surface area (Å²) in [6.07, 6.45) is 1.32. The van der Waals surface area contributed by atoms with Crippen molar-refractivity contribution < 1.29 is 4.42 Å². The molecule has 0 aliphatic carbocycles. The fourth-order valence-electron chi connectivity index (χ4n) is 2.50. The van der Waals surface area contributed by atoms with Gasteiger partial charge in [0, 0.05) is 6.54 Å². The minimum Gasteiger partial charge on any atom is -0.465 e. The van der Waals surface area contributed by atoms with E-state index in [1.54, 1.807) is 0 Å². The van der Waals surface area contributed by atoms with Gasteiger partial charge in [-0.25, -0.2) is 0 Å². The Hall–Kier alpha value is -0.800. The fourth-order valence-corrected chi connectivity index (χ4v) is 2.50. The van der Waals surface area contributed by atoms with Gasteiger partial charge >= 0.3 is 0 Å². The second-order valence-corrected chi connectivity index (χ2v) is 5.13. The zero-order valence-electron chi connectivity index (χ0n) is 11.2. The van der Waals surface area contributed by atoms with Gasteiger partial charge in [0.1, 0.15) is 11.5 Å². The van der Waals surface area contributed by atoms with E-state index in [-0.39, 0.29) is 0 Å². The third kappa shape index (κ3) is 3.33. The van der Waals surface area contributed by atoms with Crippen molar-refractivity contribution in [1.82, 2.24) is 10.2 Å². The predicted octanol–water partition coefficient (Wildman–Crippen LogP) is 2.58. The molecule has 1 saturated heterocycles. The van der Waals surface area contributed by atoms with Gasteiger partial charge in [0.25, 0.3) is 0 Å². The zero-order chi connectivity index (χ0) is 12.3. The van der Waals surface area contributed by atoms with Crippen LogP contribution in [0, 0.1) is 12.8 Å².